The number of amides is 2. The molecule has 2 rings (SSSR count). The van der Waals surface area contributed by atoms with Crippen molar-refractivity contribution in [1.82, 2.24) is 10.1 Å². The summed E-state index contributed by atoms with van der Waals surface area (Å²) in [4.78, 5) is 29.9. The largest absolute Gasteiger partial charge is 0.365 e. The Morgan fingerprint density at radius 1 is 1.29 bits per heavy atom. The highest BCUT2D eigenvalue weighted by atomic mass is 16.5. The Balaban J connectivity index is 2.50. The zero-order chi connectivity index (χ0) is 17.7. The first-order valence-electron chi connectivity index (χ1n) is 7.99. The van der Waals surface area contributed by atoms with Gasteiger partial charge in [-0.3, -0.25) is 19.5 Å². The van der Waals surface area contributed by atoms with Crippen LogP contribution in [-0.2, 0) is 4.79 Å². The molecule has 2 heterocycles. The maximum Gasteiger partial charge on any atom is 0.256 e. The number of pyridine rings is 1. The summed E-state index contributed by atoms with van der Waals surface area (Å²) in [6.07, 6.45) is 5.21. The minimum atomic E-state index is -0.688. The smallest absolute Gasteiger partial charge is 0.256 e. The molecule has 0 atom stereocenters. The Bertz CT molecular complexity index is 710. The SMILES string of the molecule is CCCCC(=O)N(c1onc(-c2ccncc2)c1C(N)=O)C(C)C. The molecule has 0 aliphatic rings. The van der Waals surface area contributed by atoms with Crippen molar-refractivity contribution in [3.63, 3.8) is 0 Å². The zero-order valence-corrected chi connectivity index (χ0v) is 14.2. The Kier molecular flexibility index (Phi) is 5.68. The molecule has 0 unspecified atom stereocenters. The monoisotopic (exact) mass is 330 g/mol. The van der Waals surface area contributed by atoms with Crippen LogP contribution in [0, 0.1) is 0 Å². The summed E-state index contributed by atoms with van der Waals surface area (Å²) in [6.45, 7) is 5.71. The average molecular weight is 330 g/mol. The number of aromatic nitrogens is 2. The summed E-state index contributed by atoms with van der Waals surface area (Å²) in [5, 5.41) is 3.98. The van der Waals surface area contributed by atoms with Gasteiger partial charge in [-0.2, -0.15) is 0 Å². The van der Waals surface area contributed by atoms with Crippen molar-refractivity contribution in [1.29, 1.82) is 0 Å². The molecular weight excluding hydrogens is 308 g/mol. The van der Waals surface area contributed by atoms with E-state index in [4.69, 9.17) is 10.3 Å². The number of nitrogens with zero attached hydrogens (tertiary/aromatic N) is 3. The minimum Gasteiger partial charge on any atom is -0.365 e. The molecular formula is C17H22N4O3. The van der Waals surface area contributed by atoms with E-state index in [0.717, 1.165) is 12.8 Å². The van der Waals surface area contributed by atoms with Gasteiger partial charge < -0.3 is 10.3 Å². The van der Waals surface area contributed by atoms with E-state index in [9.17, 15) is 9.59 Å². The van der Waals surface area contributed by atoms with Gasteiger partial charge in [-0.25, -0.2) is 0 Å². The number of primary amides is 1. The van der Waals surface area contributed by atoms with Crippen LogP contribution in [0.3, 0.4) is 0 Å². The quantitative estimate of drug-likeness (QED) is 0.841. The summed E-state index contributed by atoms with van der Waals surface area (Å²) in [5.41, 5.74) is 6.62. The van der Waals surface area contributed by atoms with E-state index < -0.39 is 5.91 Å². The van der Waals surface area contributed by atoms with Crippen molar-refractivity contribution >= 4 is 17.7 Å². The van der Waals surface area contributed by atoms with Crippen LogP contribution in [0.4, 0.5) is 5.88 Å². The number of carbonyl (C=O) groups is 2. The molecule has 0 bridgehead atoms. The van der Waals surface area contributed by atoms with Gasteiger partial charge in [-0.1, -0.05) is 18.5 Å². The lowest BCUT2D eigenvalue weighted by Gasteiger charge is -2.24. The van der Waals surface area contributed by atoms with Gasteiger partial charge >= 0.3 is 0 Å². The van der Waals surface area contributed by atoms with Crippen LogP contribution in [0.15, 0.2) is 29.0 Å². The first-order chi connectivity index (χ1) is 11.5. The average Bonchev–Trinajstić information content (AvgIpc) is 2.98. The van der Waals surface area contributed by atoms with E-state index in [1.807, 2.05) is 20.8 Å². The van der Waals surface area contributed by atoms with E-state index in [-0.39, 0.29) is 23.4 Å². The molecule has 7 heteroatoms. The molecule has 128 valence electrons. The summed E-state index contributed by atoms with van der Waals surface area (Å²) in [6, 6.07) is 3.21. The van der Waals surface area contributed by atoms with Crippen molar-refractivity contribution in [2.45, 2.75) is 46.1 Å². The maximum atomic E-state index is 12.5. The molecule has 2 N–H and O–H groups in total. The number of hydrogen-bond acceptors (Lipinski definition) is 5. The van der Waals surface area contributed by atoms with Gasteiger partial charge in [0.25, 0.3) is 5.91 Å². The van der Waals surface area contributed by atoms with Crippen LogP contribution in [-0.4, -0.2) is 28.0 Å². The normalized spacial score (nSPS) is 10.8. The van der Waals surface area contributed by atoms with E-state index in [0.29, 0.717) is 17.7 Å². The summed E-state index contributed by atoms with van der Waals surface area (Å²) >= 11 is 0. The standard InChI is InChI=1S/C17H22N4O3/c1-4-5-6-13(22)21(11(2)3)17-14(16(18)23)15(20-24-17)12-7-9-19-10-8-12/h7-11H,4-6H2,1-3H3,(H2,18,23). The highest BCUT2D eigenvalue weighted by molar-refractivity contribution is 6.06. The van der Waals surface area contributed by atoms with Crippen molar-refractivity contribution < 1.29 is 14.1 Å². The molecule has 2 aromatic rings. The predicted molar refractivity (Wildman–Crippen MR) is 90.4 cm³/mol. The van der Waals surface area contributed by atoms with Crippen molar-refractivity contribution in [2.75, 3.05) is 4.90 Å². The van der Waals surface area contributed by atoms with E-state index in [1.54, 1.807) is 24.5 Å². The number of hydrogen-bond donors (Lipinski definition) is 1. The lowest BCUT2D eigenvalue weighted by molar-refractivity contribution is -0.119. The molecule has 0 fully saturated rings. The first kappa shape index (κ1) is 17.7. The zero-order valence-electron chi connectivity index (χ0n) is 14.2. The maximum absolute atomic E-state index is 12.5. The van der Waals surface area contributed by atoms with Crippen molar-refractivity contribution in [3.05, 3.63) is 30.1 Å². The summed E-state index contributed by atoms with van der Waals surface area (Å²) in [7, 11) is 0. The molecule has 2 amide bonds. The van der Waals surface area contributed by atoms with Crippen LogP contribution in [0.5, 0.6) is 0 Å². The molecule has 0 aliphatic heterocycles. The van der Waals surface area contributed by atoms with Crippen LogP contribution in [0.25, 0.3) is 11.3 Å². The summed E-state index contributed by atoms with van der Waals surface area (Å²) in [5.74, 6) is -0.704. The fourth-order valence-electron chi connectivity index (χ4n) is 2.46. The number of carbonyl (C=O) groups excluding carboxylic acids is 2. The van der Waals surface area contributed by atoms with Gasteiger partial charge in [0.2, 0.25) is 11.8 Å². The van der Waals surface area contributed by atoms with Crippen molar-refractivity contribution in [2.24, 2.45) is 5.73 Å². The molecule has 0 saturated heterocycles. The highest BCUT2D eigenvalue weighted by Crippen LogP contribution is 2.32. The third-order valence-electron chi connectivity index (χ3n) is 3.62. The Labute approximate surface area is 140 Å². The third-order valence-corrected chi connectivity index (χ3v) is 3.62. The molecule has 7 nitrogen and oxygen atoms in total. The second-order valence-corrected chi connectivity index (χ2v) is 5.77. The van der Waals surface area contributed by atoms with E-state index in [2.05, 4.69) is 10.1 Å². The molecule has 0 spiro atoms. The van der Waals surface area contributed by atoms with Gasteiger partial charge in [-0.05, 0) is 32.4 Å². The number of anilines is 1. The lowest BCUT2D eigenvalue weighted by Crippen LogP contribution is -2.38. The molecule has 0 saturated carbocycles. The predicted octanol–water partition coefficient (Wildman–Crippen LogP) is 2.77. The molecule has 0 radical (unpaired) electrons. The Hall–Kier alpha value is -2.70. The van der Waals surface area contributed by atoms with Crippen molar-refractivity contribution in [3.8, 4) is 11.3 Å². The van der Waals surface area contributed by atoms with E-state index in [1.165, 1.54) is 4.90 Å². The summed E-state index contributed by atoms with van der Waals surface area (Å²) < 4.78 is 5.37. The molecule has 0 aromatic carbocycles. The topological polar surface area (TPSA) is 102 Å². The van der Waals surface area contributed by atoms with Crippen LogP contribution < -0.4 is 10.6 Å². The first-order valence-corrected chi connectivity index (χ1v) is 7.99. The number of nitrogens with two attached hydrogens (primary N) is 1. The molecule has 2 aromatic heterocycles. The molecule has 24 heavy (non-hydrogen) atoms. The highest BCUT2D eigenvalue weighted by Gasteiger charge is 2.31. The Morgan fingerprint density at radius 2 is 1.96 bits per heavy atom. The van der Waals surface area contributed by atoms with Gasteiger partial charge in [0.15, 0.2) is 0 Å². The van der Waals surface area contributed by atoms with Gasteiger partial charge in [0.05, 0.1) is 0 Å². The van der Waals surface area contributed by atoms with Gasteiger partial charge in [0.1, 0.15) is 11.3 Å². The number of rotatable bonds is 7. The third kappa shape index (κ3) is 3.61. The minimum absolute atomic E-state index is 0.102. The lowest BCUT2D eigenvalue weighted by atomic mass is 10.1. The second kappa shape index (κ2) is 7.72. The van der Waals surface area contributed by atoms with Gasteiger partial charge in [-0.15, -0.1) is 0 Å². The number of unbranched alkanes of at least 4 members (excludes halogenated alkanes) is 1. The van der Waals surface area contributed by atoms with Crippen LogP contribution >= 0.6 is 0 Å². The van der Waals surface area contributed by atoms with E-state index >= 15 is 0 Å². The fraction of sp³-hybridized carbons (Fsp3) is 0.412. The molecule has 0 aliphatic carbocycles. The van der Waals surface area contributed by atoms with Crippen LogP contribution in [0.1, 0.15) is 50.4 Å². The second-order valence-electron chi connectivity index (χ2n) is 5.77. The van der Waals surface area contributed by atoms with Gasteiger partial charge in [0, 0.05) is 30.4 Å². The fourth-order valence-corrected chi connectivity index (χ4v) is 2.46. The Morgan fingerprint density at radius 3 is 2.50 bits per heavy atom. The van der Waals surface area contributed by atoms with Crippen LogP contribution in [0.2, 0.25) is 0 Å².